The number of aliphatic hydroxyl groups excluding tert-OH is 1. The van der Waals surface area contributed by atoms with Gasteiger partial charge in [-0.3, -0.25) is 9.69 Å². The highest BCUT2D eigenvalue weighted by molar-refractivity contribution is 8.00. The van der Waals surface area contributed by atoms with Gasteiger partial charge in [-0.05, 0) is 152 Å². The highest BCUT2D eigenvalue weighted by atomic mass is 32.2. The van der Waals surface area contributed by atoms with Gasteiger partial charge in [0, 0.05) is 93.8 Å². The Hall–Kier alpha value is -5.48. The van der Waals surface area contributed by atoms with Gasteiger partial charge < -0.3 is 34.5 Å². The second-order valence-electron chi connectivity index (χ2n) is 20.1. The van der Waals surface area contributed by atoms with Crippen molar-refractivity contribution in [3.05, 3.63) is 144 Å². The largest absolute Gasteiger partial charge is 0.416 e. The number of piperazine rings is 1. The number of anilines is 6. The van der Waals surface area contributed by atoms with Gasteiger partial charge in [0.05, 0.1) is 57.9 Å². The molecule has 76 heavy (non-hydrogen) atoms. The number of carbonyl (C=O) groups excluding carboxylic acids is 1. The molecular weight excluding hydrogens is 1020 g/mol. The number of nitriles is 1. The van der Waals surface area contributed by atoms with Gasteiger partial charge in [0.1, 0.15) is 0 Å². The van der Waals surface area contributed by atoms with Crippen molar-refractivity contribution < 1.29 is 23.1 Å². The number of carbonyl (C=O) groups is 1. The van der Waals surface area contributed by atoms with Gasteiger partial charge >= 0.3 is 6.18 Å². The Morgan fingerprint density at radius 2 is 1.08 bits per heavy atom. The number of nitrogens with zero attached hydrogens (tertiary/aromatic N) is 8. The molecule has 0 spiro atoms. The Bertz CT molecular complexity index is 2980. The third-order valence-electron chi connectivity index (χ3n) is 13.6. The Kier molecular flexibility index (Phi) is 19.6. The summed E-state index contributed by atoms with van der Waals surface area (Å²) in [6.07, 6.45) is -2.40. The maximum absolute atomic E-state index is 13.3. The standard InChI is InChI=1S/C22H26F3N3OS.C19H21N3S.C19H22N2OS/c23-22(24,25)17-6-7-21-19(16-17)28(18-4-1-2-5-20(18)30-21)9-3-8-26-10-12-27(13-11-26)14-15-29;1-14(12-21(2)3)13-22-16-6-4-5-7-18(16)23-19-9-8-15(11-20)10-17(19)22;1-14(22)15-9-10-19-17(13-15)21(12-6-11-20(2)3)16-7-4-5-8-18(16)23-19/h1-2,4-7,16,29H,3,8-15H2;4-10,14H,12-13H2,1-3H3;4-5,7-10,13H,6,11-12H2,1-3H3. The monoisotopic (exact) mass is 1090 g/mol. The average Bonchev–Trinajstić information content (AvgIpc) is 3.42. The van der Waals surface area contributed by atoms with Crippen LogP contribution in [0, 0.1) is 17.2 Å². The Morgan fingerprint density at radius 1 is 0.605 bits per heavy atom. The van der Waals surface area contributed by atoms with E-state index in [1.54, 1.807) is 36.5 Å². The molecule has 4 aliphatic rings. The lowest BCUT2D eigenvalue weighted by molar-refractivity contribution is -0.137. The van der Waals surface area contributed by atoms with Crippen LogP contribution in [0.2, 0.25) is 0 Å². The van der Waals surface area contributed by atoms with E-state index >= 15 is 0 Å². The normalized spacial score (nSPS) is 15.2. The fourth-order valence-corrected chi connectivity index (χ4v) is 13.2. The highest BCUT2D eigenvalue weighted by Gasteiger charge is 2.34. The van der Waals surface area contributed by atoms with Crippen LogP contribution < -0.4 is 14.7 Å². The molecule has 0 amide bonds. The number of Topliss-reactive ketones (excluding diaryl/α,β-unsaturated/α-hetero) is 1. The first-order valence-electron chi connectivity index (χ1n) is 26.0. The van der Waals surface area contributed by atoms with Crippen molar-refractivity contribution in [3.8, 4) is 6.07 Å². The van der Waals surface area contributed by atoms with E-state index in [-0.39, 0.29) is 12.4 Å². The second-order valence-corrected chi connectivity index (χ2v) is 23.4. The van der Waals surface area contributed by atoms with E-state index in [0.29, 0.717) is 30.3 Å². The van der Waals surface area contributed by atoms with Crippen LogP contribution in [0.4, 0.5) is 47.3 Å². The minimum atomic E-state index is -4.35. The average molecular weight is 1090 g/mol. The predicted molar refractivity (Wildman–Crippen MR) is 307 cm³/mol. The molecule has 0 radical (unpaired) electrons. The molecule has 1 atom stereocenters. The van der Waals surface area contributed by atoms with E-state index in [1.165, 1.54) is 54.9 Å². The summed E-state index contributed by atoms with van der Waals surface area (Å²) in [7, 11) is 8.42. The first kappa shape index (κ1) is 56.7. The number of halogens is 3. The molecular formula is C60H69F3N8O2S3. The lowest BCUT2D eigenvalue weighted by atomic mass is 10.1. The van der Waals surface area contributed by atoms with Gasteiger partial charge in [-0.2, -0.15) is 18.4 Å². The number of ketones is 1. The summed E-state index contributed by atoms with van der Waals surface area (Å²) in [5, 5.41) is 18.3. The van der Waals surface area contributed by atoms with Crippen molar-refractivity contribution in [1.82, 2.24) is 19.6 Å². The van der Waals surface area contributed by atoms with Crippen molar-refractivity contribution in [3.63, 3.8) is 0 Å². The maximum Gasteiger partial charge on any atom is 0.416 e. The number of hydrogen-bond donors (Lipinski definition) is 1. The molecule has 6 aromatic rings. The van der Waals surface area contributed by atoms with Crippen LogP contribution in [0.25, 0.3) is 0 Å². The lowest BCUT2D eigenvalue weighted by Crippen LogP contribution is -2.47. The van der Waals surface area contributed by atoms with Crippen LogP contribution in [0.3, 0.4) is 0 Å². The van der Waals surface area contributed by atoms with Crippen molar-refractivity contribution >= 4 is 75.2 Å². The SMILES string of the molecule is CC(=O)c1ccc2c(c1)N(CCCN(C)C)c1ccccc1S2.CC(CN(C)C)CN1c2ccccc2Sc2ccc(C#N)cc21.OCCN1CCN(CCCN2c3ccccc3Sc3ccc(C(F)(F)F)cc32)CC1. The van der Waals surface area contributed by atoms with Gasteiger partial charge in [0.25, 0.3) is 0 Å². The predicted octanol–water partition coefficient (Wildman–Crippen LogP) is 13.1. The highest BCUT2D eigenvalue weighted by Crippen LogP contribution is 2.51. The summed E-state index contributed by atoms with van der Waals surface area (Å²) in [5.41, 5.74) is 7.29. The van der Waals surface area contributed by atoms with Gasteiger partial charge in [-0.15, -0.1) is 0 Å². The van der Waals surface area contributed by atoms with Crippen LogP contribution >= 0.6 is 35.3 Å². The number of hydrogen-bond acceptors (Lipinski definition) is 13. The summed E-state index contributed by atoms with van der Waals surface area (Å²) in [5.74, 6) is 0.643. The Labute approximate surface area is 460 Å². The van der Waals surface area contributed by atoms with Gasteiger partial charge in [-0.25, -0.2) is 0 Å². The number of fused-ring (bicyclic) bond motifs is 6. The molecule has 1 unspecified atom stereocenters. The van der Waals surface area contributed by atoms with Crippen LogP contribution in [-0.2, 0) is 6.18 Å². The van der Waals surface area contributed by atoms with Crippen LogP contribution in [-0.4, -0.2) is 137 Å². The molecule has 6 aromatic carbocycles. The second kappa shape index (κ2) is 26.2. The van der Waals surface area contributed by atoms with Crippen molar-refractivity contribution in [2.45, 2.75) is 62.2 Å². The fraction of sp³-hybridized carbons (Fsp3) is 0.367. The molecule has 0 saturated carbocycles. The summed E-state index contributed by atoms with van der Waals surface area (Å²) in [4.78, 5) is 34.5. The molecule has 1 saturated heterocycles. The van der Waals surface area contributed by atoms with Crippen LogP contribution in [0.1, 0.15) is 48.2 Å². The minimum absolute atomic E-state index is 0.116. The third kappa shape index (κ3) is 14.4. The smallest absolute Gasteiger partial charge is 0.395 e. The fourth-order valence-electron chi connectivity index (χ4n) is 10.00. The molecule has 0 aliphatic carbocycles. The zero-order valence-corrected chi connectivity index (χ0v) is 46.8. The summed E-state index contributed by atoms with van der Waals surface area (Å²) in [6.45, 7) is 14.2. The lowest BCUT2D eigenvalue weighted by Gasteiger charge is -2.36. The van der Waals surface area contributed by atoms with E-state index in [4.69, 9.17) is 5.11 Å². The number of benzene rings is 6. The summed E-state index contributed by atoms with van der Waals surface area (Å²) in [6, 6.07) is 43.3. The van der Waals surface area contributed by atoms with Gasteiger partial charge in [0.2, 0.25) is 0 Å². The van der Waals surface area contributed by atoms with Crippen molar-refractivity contribution in [1.29, 1.82) is 5.26 Å². The number of β-amino-alcohol motifs (C(OH)–C–C–N with tert-alkyl or cyclic N) is 1. The Balaban J connectivity index is 0.000000153. The Morgan fingerprint density at radius 3 is 1.59 bits per heavy atom. The molecule has 16 heteroatoms. The maximum atomic E-state index is 13.3. The minimum Gasteiger partial charge on any atom is -0.395 e. The molecule has 4 heterocycles. The summed E-state index contributed by atoms with van der Waals surface area (Å²) >= 11 is 5.09. The zero-order chi connectivity index (χ0) is 53.9. The van der Waals surface area contributed by atoms with Gasteiger partial charge in [-0.1, -0.05) is 84.7 Å². The molecule has 0 bridgehead atoms. The number of alkyl halides is 3. The third-order valence-corrected chi connectivity index (χ3v) is 17.0. The van der Waals surface area contributed by atoms with E-state index in [2.05, 4.69) is 131 Å². The molecule has 1 fully saturated rings. The quantitative estimate of drug-likeness (QED) is 0.0992. The first-order chi connectivity index (χ1) is 36.6. The number of rotatable bonds is 15. The van der Waals surface area contributed by atoms with Crippen LogP contribution in [0.5, 0.6) is 0 Å². The first-order valence-corrected chi connectivity index (χ1v) is 28.4. The van der Waals surface area contributed by atoms with Gasteiger partial charge in [0.15, 0.2) is 5.78 Å². The van der Waals surface area contributed by atoms with Crippen molar-refractivity contribution in [2.24, 2.45) is 5.92 Å². The molecule has 4 aliphatic heterocycles. The van der Waals surface area contributed by atoms with E-state index in [0.717, 1.165) is 104 Å². The number of para-hydroxylation sites is 3. The van der Waals surface area contributed by atoms with E-state index in [1.807, 2.05) is 53.4 Å². The summed E-state index contributed by atoms with van der Waals surface area (Å²) < 4.78 is 39.9. The molecule has 0 aromatic heterocycles. The van der Waals surface area contributed by atoms with E-state index < -0.39 is 11.7 Å². The zero-order valence-electron chi connectivity index (χ0n) is 44.4. The van der Waals surface area contributed by atoms with Crippen molar-refractivity contribution in [2.75, 3.05) is 121 Å². The van der Waals surface area contributed by atoms with E-state index in [9.17, 15) is 23.2 Å². The molecule has 400 valence electrons. The molecule has 1 N–H and O–H groups in total. The van der Waals surface area contributed by atoms with Crippen LogP contribution in [0.15, 0.2) is 157 Å². The molecule has 10 nitrogen and oxygen atoms in total. The molecule has 10 rings (SSSR count). The number of aliphatic hydroxyl groups is 1. The topological polar surface area (TPSA) is 83.8 Å².